The van der Waals surface area contributed by atoms with Gasteiger partial charge in [0.2, 0.25) is 11.8 Å². The van der Waals surface area contributed by atoms with Crippen LogP contribution in [-0.4, -0.2) is 23.0 Å². The summed E-state index contributed by atoms with van der Waals surface area (Å²) in [6, 6.07) is 7.68. The maximum absolute atomic E-state index is 12.0. The van der Waals surface area contributed by atoms with Crippen LogP contribution >= 0.6 is 22.7 Å². The number of carbonyl (C=O) groups excluding carboxylic acids is 1. The van der Waals surface area contributed by atoms with Gasteiger partial charge < -0.3 is 10.1 Å². The molecular weight excluding hydrogens is 330 g/mol. The Morgan fingerprint density at radius 2 is 2.26 bits per heavy atom. The van der Waals surface area contributed by atoms with E-state index >= 15 is 0 Å². The van der Waals surface area contributed by atoms with E-state index < -0.39 is 0 Å². The van der Waals surface area contributed by atoms with Crippen molar-refractivity contribution in [2.24, 2.45) is 0 Å². The summed E-state index contributed by atoms with van der Waals surface area (Å²) in [7, 11) is 1.57. The molecule has 0 saturated carbocycles. The third-order valence-corrected chi connectivity index (χ3v) is 5.05. The summed E-state index contributed by atoms with van der Waals surface area (Å²) in [6.45, 7) is 0.444. The fourth-order valence-corrected chi connectivity index (χ4v) is 3.64. The van der Waals surface area contributed by atoms with Gasteiger partial charge in [0.15, 0.2) is 0 Å². The first-order valence-corrected chi connectivity index (χ1v) is 8.74. The molecule has 0 aliphatic heterocycles. The van der Waals surface area contributed by atoms with Crippen molar-refractivity contribution in [2.45, 2.75) is 13.0 Å². The Hall–Kier alpha value is -2.25. The predicted octanol–water partition coefficient (Wildman–Crippen LogP) is 3.13. The third kappa shape index (κ3) is 4.14. The van der Waals surface area contributed by atoms with E-state index in [9.17, 15) is 4.79 Å². The van der Waals surface area contributed by atoms with Gasteiger partial charge in [-0.3, -0.25) is 4.79 Å². The van der Waals surface area contributed by atoms with Gasteiger partial charge in [-0.15, -0.1) is 22.7 Å². The van der Waals surface area contributed by atoms with E-state index in [1.54, 1.807) is 42.0 Å². The van der Waals surface area contributed by atoms with Crippen LogP contribution in [0.4, 0.5) is 0 Å². The largest absolute Gasteiger partial charge is 0.481 e. The lowest BCUT2D eigenvalue weighted by Crippen LogP contribution is -2.24. The lowest BCUT2D eigenvalue weighted by atomic mass is 10.2. The predicted molar refractivity (Wildman–Crippen MR) is 91.8 cm³/mol. The van der Waals surface area contributed by atoms with Crippen LogP contribution < -0.4 is 10.1 Å². The minimum atomic E-state index is -0.0520. The fourth-order valence-electron chi connectivity index (χ4n) is 2.00. The smallest absolute Gasteiger partial charge is 0.226 e. The van der Waals surface area contributed by atoms with Gasteiger partial charge in [0.1, 0.15) is 5.01 Å². The van der Waals surface area contributed by atoms with Crippen LogP contribution in [0, 0.1) is 0 Å². The highest BCUT2D eigenvalue weighted by molar-refractivity contribution is 7.20. The quantitative estimate of drug-likeness (QED) is 0.745. The van der Waals surface area contributed by atoms with Crippen molar-refractivity contribution in [1.29, 1.82) is 0 Å². The van der Waals surface area contributed by atoms with Gasteiger partial charge in [-0.25, -0.2) is 9.97 Å². The van der Waals surface area contributed by atoms with Gasteiger partial charge in [-0.1, -0.05) is 6.07 Å². The maximum Gasteiger partial charge on any atom is 0.226 e. The molecule has 3 aromatic heterocycles. The average molecular weight is 345 g/mol. The number of thiazole rings is 1. The van der Waals surface area contributed by atoms with Crippen LogP contribution in [0.5, 0.6) is 5.88 Å². The molecule has 1 amide bonds. The van der Waals surface area contributed by atoms with E-state index in [4.69, 9.17) is 4.74 Å². The van der Waals surface area contributed by atoms with Crippen LogP contribution in [0.3, 0.4) is 0 Å². The van der Waals surface area contributed by atoms with Crippen LogP contribution in [0.1, 0.15) is 11.3 Å². The summed E-state index contributed by atoms with van der Waals surface area (Å²) in [6.07, 6.45) is 1.94. The van der Waals surface area contributed by atoms with Crippen molar-refractivity contribution in [3.63, 3.8) is 0 Å². The van der Waals surface area contributed by atoms with E-state index in [2.05, 4.69) is 15.3 Å². The molecule has 0 aliphatic carbocycles. The van der Waals surface area contributed by atoms with E-state index in [0.717, 1.165) is 21.1 Å². The molecule has 0 aliphatic rings. The van der Waals surface area contributed by atoms with Gasteiger partial charge in [-0.2, -0.15) is 0 Å². The number of nitrogens with one attached hydrogen (secondary N) is 1. The summed E-state index contributed by atoms with van der Waals surface area (Å²) < 4.78 is 5.06. The molecule has 3 aromatic rings. The van der Waals surface area contributed by atoms with E-state index in [-0.39, 0.29) is 12.3 Å². The molecular formula is C16H15N3O2S2. The second-order valence-corrected chi connectivity index (χ2v) is 6.59. The number of nitrogens with zero attached hydrogens (tertiary/aromatic N) is 2. The van der Waals surface area contributed by atoms with Crippen LogP contribution in [0.15, 0.2) is 41.2 Å². The molecule has 3 heterocycles. The first-order valence-electron chi connectivity index (χ1n) is 6.98. The first kappa shape index (κ1) is 15.6. The normalized spacial score (nSPS) is 10.5. The number of hydrogen-bond donors (Lipinski definition) is 1. The first-order chi connectivity index (χ1) is 11.2. The van der Waals surface area contributed by atoms with Crippen molar-refractivity contribution in [2.75, 3.05) is 7.11 Å². The number of pyridine rings is 1. The van der Waals surface area contributed by atoms with Crippen molar-refractivity contribution in [3.05, 3.63) is 52.5 Å². The molecule has 23 heavy (non-hydrogen) atoms. The minimum absolute atomic E-state index is 0.0520. The molecule has 3 rings (SSSR count). The molecule has 0 atom stereocenters. The maximum atomic E-state index is 12.0. The second-order valence-electron chi connectivity index (χ2n) is 4.78. The van der Waals surface area contributed by atoms with Crippen LogP contribution in [0.2, 0.25) is 0 Å². The van der Waals surface area contributed by atoms with Gasteiger partial charge in [0.05, 0.1) is 24.1 Å². The van der Waals surface area contributed by atoms with Gasteiger partial charge in [0, 0.05) is 24.2 Å². The summed E-state index contributed by atoms with van der Waals surface area (Å²) in [5.74, 6) is 0.487. The standard InChI is InChI=1S/C16H15N3O2S2/c1-21-15-7-11(4-5-17-15)9-18-14(20)8-12-10-23-16(19-12)13-3-2-6-22-13/h2-7,10H,8-9H2,1H3,(H,18,20). The molecule has 7 heteroatoms. The summed E-state index contributed by atoms with van der Waals surface area (Å²) in [4.78, 5) is 21.7. The molecule has 118 valence electrons. The van der Waals surface area contributed by atoms with Crippen molar-refractivity contribution in [3.8, 4) is 15.8 Å². The van der Waals surface area contributed by atoms with E-state index in [1.807, 2.05) is 29.0 Å². The third-order valence-electron chi connectivity index (χ3n) is 3.12. The van der Waals surface area contributed by atoms with E-state index in [0.29, 0.717) is 12.4 Å². The molecule has 1 N–H and O–H groups in total. The Kier molecular flexibility index (Phi) is 4.99. The molecule has 5 nitrogen and oxygen atoms in total. The molecule has 0 bridgehead atoms. The molecule has 0 radical (unpaired) electrons. The highest BCUT2D eigenvalue weighted by Gasteiger charge is 2.09. The molecule has 0 fully saturated rings. The topological polar surface area (TPSA) is 64.1 Å². The van der Waals surface area contributed by atoms with E-state index in [1.165, 1.54) is 0 Å². The summed E-state index contributed by atoms with van der Waals surface area (Å²) >= 11 is 3.21. The summed E-state index contributed by atoms with van der Waals surface area (Å²) in [5, 5.41) is 7.80. The van der Waals surface area contributed by atoms with Crippen molar-refractivity contribution in [1.82, 2.24) is 15.3 Å². The lowest BCUT2D eigenvalue weighted by Gasteiger charge is -2.05. The molecule has 0 aromatic carbocycles. The van der Waals surface area contributed by atoms with Crippen LogP contribution in [-0.2, 0) is 17.8 Å². The molecule has 0 saturated heterocycles. The van der Waals surface area contributed by atoms with Gasteiger partial charge in [0.25, 0.3) is 0 Å². The minimum Gasteiger partial charge on any atom is -0.481 e. The monoisotopic (exact) mass is 345 g/mol. The zero-order valence-corrected chi connectivity index (χ0v) is 14.1. The Morgan fingerprint density at radius 1 is 1.35 bits per heavy atom. The number of carbonyl (C=O) groups is 1. The number of aromatic nitrogens is 2. The van der Waals surface area contributed by atoms with Gasteiger partial charge in [-0.05, 0) is 23.1 Å². The number of methoxy groups -OCH3 is 1. The lowest BCUT2D eigenvalue weighted by molar-refractivity contribution is -0.120. The molecule has 0 unspecified atom stereocenters. The molecule has 0 spiro atoms. The Bertz CT molecular complexity index is 784. The van der Waals surface area contributed by atoms with Crippen molar-refractivity contribution >= 4 is 28.6 Å². The zero-order chi connectivity index (χ0) is 16.1. The number of amides is 1. The van der Waals surface area contributed by atoms with Gasteiger partial charge >= 0.3 is 0 Å². The number of ether oxygens (including phenoxy) is 1. The Balaban J connectivity index is 1.55. The highest BCUT2D eigenvalue weighted by atomic mass is 32.1. The van der Waals surface area contributed by atoms with Crippen LogP contribution in [0.25, 0.3) is 9.88 Å². The second kappa shape index (κ2) is 7.34. The van der Waals surface area contributed by atoms with Crippen molar-refractivity contribution < 1.29 is 9.53 Å². The average Bonchev–Trinajstić information content (AvgIpc) is 3.24. The fraction of sp³-hybridized carbons (Fsp3) is 0.188. The Morgan fingerprint density at radius 3 is 3.04 bits per heavy atom. The number of rotatable bonds is 6. The highest BCUT2D eigenvalue weighted by Crippen LogP contribution is 2.27. The number of hydrogen-bond acceptors (Lipinski definition) is 6. The SMILES string of the molecule is COc1cc(CNC(=O)Cc2csc(-c3cccs3)n2)ccn1. The Labute approximate surface area is 142 Å². The zero-order valence-electron chi connectivity index (χ0n) is 12.5. The summed E-state index contributed by atoms with van der Waals surface area (Å²) in [5.41, 5.74) is 1.74. The number of thiophene rings is 1.